The normalized spacial score (nSPS) is 15.0. The molecule has 3 rings (SSSR count). The molecule has 0 spiro atoms. The molecule has 1 aliphatic heterocycles. The van der Waals surface area contributed by atoms with Crippen LogP contribution in [0, 0.1) is 10.1 Å². The molecule has 0 radical (unpaired) electrons. The second-order valence-corrected chi connectivity index (χ2v) is 6.65. The summed E-state index contributed by atoms with van der Waals surface area (Å²) in [6, 6.07) is 6.82. The van der Waals surface area contributed by atoms with Gasteiger partial charge in [-0.05, 0) is 36.3 Å². The molecular formula is C21H19N3O8. The van der Waals surface area contributed by atoms with Crippen molar-refractivity contribution in [3.05, 3.63) is 57.6 Å². The molecule has 11 heteroatoms. The van der Waals surface area contributed by atoms with Crippen LogP contribution in [0.5, 0.6) is 17.2 Å². The highest BCUT2D eigenvalue weighted by atomic mass is 16.6. The Kier molecular flexibility index (Phi) is 6.38. The summed E-state index contributed by atoms with van der Waals surface area (Å²) in [5.41, 5.74) is -0.773. The van der Waals surface area contributed by atoms with Gasteiger partial charge < -0.3 is 14.6 Å². The van der Waals surface area contributed by atoms with Crippen molar-refractivity contribution in [2.45, 2.75) is 13.3 Å². The second-order valence-electron chi connectivity index (χ2n) is 6.65. The van der Waals surface area contributed by atoms with Gasteiger partial charge in [0.15, 0.2) is 17.2 Å². The van der Waals surface area contributed by atoms with Crippen molar-refractivity contribution in [3.8, 4) is 17.2 Å². The zero-order valence-corrected chi connectivity index (χ0v) is 17.2. The van der Waals surface area contributed by atoms with Crippen molar-refractivity contribution >= 4 is 35.3 Å². The van der Waals surface area contributed by atoms with Gasteiger partial charge in [-0.3, -0.25) is 25.0 Å². The lowest BCUT2D eigenvalue weighted by molar-refractivity contribution is -0.385. The number of carbonyl (C=O) groups is 3. The zero-order chi connectivity index (χ0) is 23.4. The zero-order valence-electron chi connectivity index (χ0n) is 17.2. The Morgan fingerprint density at radius 3 is 2.56 bits per heavy atom. The number of amides is 4. The molecule has 1 saturated heterocycles. The second kappa shape index (κ2) is 9.16. The van der Waals surface area contributed by atoms with Gasteiger partial charge in [0.05, 0.1) is 24.3 Å². The van der Waals surface area contributed by atoms with Gasteiger partial charge in [0.1, 0.15) is 5.57 Å². The van der Waals surface area contributed by atoms with E-state index in [2.05, 4.69) is 5.32 Å². The summed E-state index contributed by atoms with van der Waals surface area (Å²) in [4.78, 5) is 48.7. The van der Waals surface area contributed by atoms with E-state index in [1.165, 1.54) is 31.4 Å². The number of benzene rings is 2. The Hall–Kier alpha value is -4.41. The van der Waals surface area contributed by atoms with E-state index >= 15 is 0 Å². The smallest absolute Gasteiger partial charge is 0.335 e. The van der Waals surface area contributed by atoms with Crippen molar-refractivity contribution in [2.75, 3.05) is 18.6 Å². The van der Waals surface area contributed by atoms with Gasteiger partial charge in [-0.15, -0.1) is 0 Å². The van der Waals surface area contributed by atoms with Gasteiger partial charge in [-0.25, -0.2) is 9.69 Å². The Morgan fingerprint density at radius 2 is 1.91 bits per heavy atom. The number of phenolic OH excluding ortho intramolecular Hbond substituents is 1. The van der Waals surface area contributed by atoms with Crippen LogP contribution in [0.2, 0.25) is 0 Å². The maximum absolute atomic E-state index is 13.0. The third-order valence-electron chi connectivity index (χ3n) is 4.48. The minimum atomic E-state index is -0.960. The van der Waals surface area contributed by atoms with E-state index in [0.29, 0.717) is 12.4 Å². The molecule has 0 bridgehead atoms. The van der Waals surface area contributed by atoms with Crippen LogP contribution in [-0.4, -0.2) is 41.6 Å². The quantitative estimate of drug-likeness (QED) is 0.288. The third-order valence-corrected chi connectivity index (χ3v) is 4.48. The number of methoxy groups -OCH3 is 1. The highest BCUT2D eigenvalue weighted by Gasteiger charge is 2.37. The molecule has 1 aliphatic rings. The summed E-state index contributed by atoms with van der Waals surface area (Å²) >= 11 is 0. The number of imide groups is 2. The van der Waals surface area contributed by atoms with E-state index in [-0.39, 0.29) is 17.0 Å². The van der Waals surface area contributed by atoms with Crippen molar-refractivity contribution < 1.29 is 33.9 Å². The van der Waals surface area contributed by atoms with E-state index in [1.54, 1.807) is 0 Å². The van der Waals surface area contributed by atoms with Gasteiger partial charge in [0.2, 0.25) is 0 Å². The lowest BCUT2D eigenvalue weighted by atomic mass is 10.1. The van der Waals surface area contributed by atoms with Gasteiger partial charge in [0.25, 0.3) is 11.8 Å². The summed E-state index contributed by atoms with van der Waals surface area (Å²) in [6.07, 6.45) is 1.86. The van der Waals surface area contributed by atoms with Gasteiger partial charge in [0, 0.05) is 12.1 Å². The van der Waals surface area contributed by atoms with Crippen LogP contribution < -0.4 is 19.7 Å². The number of hydrogen-bond acceptors (Lipinski definition) is 8. The maximum atomic E-state index is 13.0. The highest BCUT2D eigenvalue weighted by Crippen LogP contribution is 2.34. The van der Waals surface area contributed by atoms with E-state index in [9.17, 15) is 29.6 Å². The van der Waals surface area contributed by atoms with Crippen LogP contribution in [0.25, 0.3) is 6.08 Å². The molecule has 0 aliphatic carbocycles. The number of phenols is 1. The summed E-state index contributed by atoms with van der Waals surface area (Å²) in [5, 5.41) is 22.7. The average Bonchev–Trinajstić information content (AvgIpc) is 2.76. The molecule has 166 valence electrons. The summed E-state index contributed by atoms with van der Waals surface area (Å²) in [7, 11) is 1.41. The first-order valence-corrected chi connectivity index (χ1v) is 9.46. The van der Waals surface area contributed by atoms with Crippen LogP contribution in [0.15, 0.2) is 42.0 Å². The number of nitro benzene ring substituents is 1. The van der Waals surface area contributed by atoms with E-state index in [1.807, 2.05) is 6.92 Å². The van der Waals surface area contributed by atoms with Crippen LogP contribution >= 0.6 is 0 Å². The first-order chi connectivity index (χ1) is 15.3. The maximum Gasteiger partial charge on any atom is 0.335 e. The number of urea groups is 1. The Balaban J connectivity index is 2.00. The van der Waals surface area contributed by atoms with Gasteiger partial charge in [-0.2, -0.15) is 0 Å². The molecule has 2 aromatic carbocycles. The lowest BCUT2D eigenvalue weighted by Gasteiger charge is -2.27. The topological polar surface area (TPSA) is 148 Å². The average molecular weight is 441 g/mol. The lowest BCUT2D eigenvalue weighted by Crippen LogP contribution is -2.54. The van der Waals surface area contributed by atoms with Gasteiger partial charge in [-0.1, -0.05) is 13.0 Å². The summed E-state index contributed by atoms with van der Waals surface area (Å²) in [6.45, 7) is 2.38. The standard InChI is InChI=1S/C21H19N3O8/c1-3-8-32-17-7-5-13(11-18(17)31-2)23-20(27)14(19(26)22-21(23)28)9-12-4-6-16(25)15(10-12)24(29)30/h4-7,9-11,25H,3,8H2,1-2H3,(H,22,26,28)/b14-9+. The number of hydrogen-bond donors (Lipinski definition) is 2. The minimum absolute atomic E-state index is 0.114. The number of carbonyl (C=O) groups excluding carboxylic acids is 3. The van der Waals surface area contributed by atoms with Crippen LogP contribution in [0.1, 0.15) is 18.9 Å². The molecule has 0 saturated carbocycles. The van der Waals surface area contributed by atoms with E-state index < -0.39 is 39.8 Å². The number of nitro groups is 1. The SMILES string of the molecule is CCCOc1ccc(N2C(=O)NC(=O)/C(=C\c3ccc(O)c([N+](=O)[O-])c3)C2=O)cc1OC. The number of anilines is 1. The molecule has 1 fully saturated rings. The Bertz CT molecular complexity index is 1140. The first kappa shape index (κ1) is 22.3. The monoisotopic (exact) mass is 441 g/mol. The number of rotatable bonds is 7. The molecule has 4 amide bonds. The van der Waals surface area contributed by atoms with Crippen molar-refractivity contribution in [3.63, 3.8) is 0 Å². The number of barbiturate groups is 1. The van der Waals surface area contributed by atoms with Crippen molar-refractivity contribution in [1.82, 2.24) is 5.32 Å². The largest absolute Gasteiger partial charge is 0.502 e. The highest BCUT2D eigenvalue weighted by molar-refractivity contribution is 6.39. The van der Waals surface area contributed by atoms with Crippen LogP contribution in [0.3, 0.4) is 0 Å². The summed E-state index contributed by atoms with van der Waals surface area (Å²) < 4.78 is 10.8. The number of ether oxygens (including phenoxy) is 2. The fourth-order valence-electron chi connectivity index (χ4n) is 2.96. The number of nitrogens with zero attached hydrogens (tertiary/aromatic N) is 2. The predicted octanol–water partition coefficient (Wildman–Crippen LogP) is 2.76. The van der Waals surface area contributed by atoms with Crippen LogP contribution in [0.4, 0.5) is 16.2 Å². The molecular weight excluding hydrogens is 422 g/mol. The third kappa shape index (κ3) is 4.36. The molecule has 32 heavy (non-hydrogen) atoms. The minimum Gasteiger partial charge on any atom is -0.502 e. The fourth-order valence-corrected chi connectivity index (χ4v) is 2.96. The van der Waals surface area contributed by atoms with E-state index in [0.717, 1.165) is 29.5 Å². The molecule has 0 atom stereocenters. The Labute approximate surface area is 182 Å². The van der Waals surface area contributed by atoms with Crippen molar-refractivity contribution in [1.29, 1.82) is 0 Å². The fraction of sp³-hybridized carbons (Fsp3) is 0.190. The molecule has 1 heterocycles. The first-order valence-electron chi connectivity index (χ1n) is 9.46. The van der Waals surface area contributed by atoms with Crippen LogP contribution in [-0.2, 0) is 9.59 Å². The molecule has 11 nitrogen and oxygen atoms in total. The number of nitrogens with one attached hydrogen (secondary N) is 1. The molecule has 2 aromatic rings. The molecule has 0 unspecified atom stereocenters. The Morgan fingerprint density at radius 1 is 1.16 bits per heavy atom. The number of aromatic hydroxyl groups is 1. The van der Waals surface area contributed by atoms with Gasteiger partial charge >= 0.3 is 11.7 Å². The predicted molar refractivity (Wildman–Crippen MR) is 113 cm³/mol. The molecule has 0 aromatic heterocycles. The van der Waals surface area contributed by atoms with E-state index in [4.69, 9.17) is 9.47 Å². The summed E-state index contributed by atoms with van der Waals surface area (Å²) in [5.74, 6) is -1.74. The molecule has 2 N–H and O–H groups in total. The van der Waals surface area contributed by atoms with Crippen molar-refractivity contribution in [2.24, 2.45) is 0 Å².